The van der Waals surface area contributed by atoms with E-state index in [1.54, 1.807) is 9.47 Å². The number of fused-ring (bicyclic) bond motifs is 1. The van der Waals surface area contributed by atoms with Crippen LogP contribution in [0.15, 0.2) is 23.0 Å². The van der Waals surface area contributed by atoms with Crippen molar-refractivity contribution in [3.05, 3.63) is 34.2 Å². The molecule has 2 heterocycles. The second kappa shape index (κ2) is 7.20. The van der Waals surface area contributed by atoms with Gasteiger partial charge in [0.2, 0.25) is 0 Å². The Hall–Kier alpha value is -2.28. The van der Waals surface area contributed by atoms with Gasteiger partial charge in [-0.15, -0.1) is 0 Å². The molecule has 7 nitrogen and oxygen atoms in total. The van der Waals surface area contributed by atoms with Crippen LogP contribution in [0.25, 0.3) is 11.0 Å². The molecule has 0 bridgehead atoms. The second-order valence-corrected chi connectivity index (χ2v) is 9.85. The third-order valence-electron chi connectivity index (χ3n) is 6.88. The summed E-state index contributed by atoms with van der Waals surface area (Å²) < 4.78 is 1.71. The minimum absolute atomic E-state index is 0.0359. The Morgan fingerprint density at radius 1 is 1.24 bits per heavy atom. The molecule has 1 saturated heterocycles. The predicted octanol–water partition coefficient (Wildman–Crippen LogP) is 2.90. The third-order valence-corrected chi connectivity index (χ3v) is 6.88. The number of aromatic amines is 1. The van der Waals surface area contributed by atoms with E-state index >= 15 is 0 Å². The number of carbonyl (C=O) groups is 1. The number of rotatable bonds is 3. The van der Waals surface area contributed by atoms with E-state index in [4.69, 9.17) is 0 Å². The van der Waals surface area contributed by atoms with Crippen molar-refractivity contribution >= 4 is 17.1 Å². The lowest BCUT2D eigenvalue weighted by Crippen LogP contribution is -2.63. The van der Waals surface area contributed by atoms with Crippen LogP contribution in [-0.2, 0) is 13.5 Å². The summed E-state index contributed by atoms with van der Waals surface area (Å²) in [5.41, 5.74) is 3.12. The standard InChI is InChI=1S/C22H32N4O3/c1-22(2,3)18-13-25(21(28)29)8-9-26(18)16-11-14(12-16)10-15-6-5-7-17-19(15)24(4)20(27)23-17/h5-7,14,16,18H,8-13H2,1-4H3,(H,23,27)(H,28,29)/t14-,16-,18?. The van der Waals surface area contributed by atoms with Crippen molar-refractivity contribution in [2.24, 2.45) is 18.4 Å². The molecule has 158 valence electrons. The largest absolute Gasteiger partial charge is 0.465 e. The van der Waals surface area contributed by atoms with Gasteiger partial charge in [0.05, 0.1) is 11.0 Å². The molecule has 1 aliphatic heterocycles. The van der Waals surface area contributed by atoms with Gasteiger partial charge in [0.25, 0.3) is 0 Å². The van der Waals surface area contributed by atoms with E-state index < -0.39 is 6.09 Å². The molecule has 4 rings (SSSR count). The van der Waals surface area contributed by atoms with Gasteiger partial charge in [-0.25, -0.2) is 9.59 Å². The van der Waals surface area contributed by atoms with Crippen LogP contribution in [0.3, 0.4) is 0 Å². The maximum absolute atomic E-state index is 12.0. The molecule has 1 aromatic heterocycles. The number of aromatic nitrogens is 2. The minimum atomic E-state index is -0.810. The number of nitrogens with zero attached hydrogens (tertiary/aromatic N) is 3. The van der Waals surface area contributed by atoms with Crippen LogP contribution < -0.4 is 5.69 Å². The van der Waals surface area contributed by atoms with Crippen LogP contribution in [0.5, 0.6) is 0 Å². The van der Waals surface area contributed by atoms with Crippen LogP contribution in [0, 0.1) is 11.3 Å². The van der Waals surface area contributed by atoms with E-state index in [9.17, 15) is 14.7 Å². The van der Waals surface area contributed by atoms with E-state index in [1.807, 2.05) is 19.2 Å². The van der Waals surface area contributed by atoms with Gasteiger partial charge in [-0.2, -0.15) is 0 Å². The number of benzene rings is 1. The molecule has 1 aromatic carbocycles. The monoisotopic (exact) mass is 400 g/mol. The molecule has 2 N–H and O–H groups in total. The summed E-state index contributed by atoms with van der Waals surface area (Å²) in [5.74, 6) is 0.605. The fourth-order valence-corrected chi connectivity index (χ4v) is 5.18. The van der Waals surface area contributed by atoms with Crippen molar-refractivity contribution in [2.45, 2.75) is 52.1 Å². The molecule has 29 heavy (non-hydrogen) atoms. The van der Waals surface area contributed by atoms with Crippen molar-refractivity contribution in [2.75, 3.05) is 19.6 Å². The summed E-state index contributed by atoms with van der Waals surface area (Å²) in [6.07, 6.45) is 2.44. The molecule has 2 aliphatic rings. The zero-order valence-corrected chi connectivity index (χ0v) is 17.8. The quantitative estimate of drug-likeness (QED) is 0.830. The third kappa shape index (κ3) is 3.68. The number of para-hydroxylation sites is 1. The van der Waals surface area contributed by atoms with Crippen molar-refractivity contribution in [3.8, 4) is 0 Å². The Bertz CT molecular complexity index is 965. The molecule has 2 fully saturated rings. The number of hydrogen-bond donors (Lipinski definition) is 2. The second-order valence-electron chi connectivity index (χ2n) is 9.85. The van der Waals surface area contributed by atoms with Crippen LogP contribution in [0.1, 0.15) is 39.2 Å². The van der Waals surface area contributed by atoms with Crippen molar-refractivity contribution < 1.29 is 9.90 Å². The van der Waals surface area contributed by atoms with Crippen LogP contribution in [-0.4, -0.2) is 62.3 Å². The van der Waals surface area contributed by atoms with Gasteiger partial charge >= 0.3 is 11.8 Å². The first-order valence-corrected chi connectivity index (χ1v) is 10.6. The van der Waals surface area contributed by atoms with Gasteiger partial charge < -0.3 is 15.0 Å². The summed E-state index contributed by atoms with van der Waals surface area (Å²) in [6.45, 7) is 8.62. The summed E-state index contributed by atoms with van der Waals surface area (Å²) in [5, 5.41) is 9.42. The van der Waals surface area contributed by atoms with E-state index in [1.165, 1.54) is 5.56 Å². The van der Waals surface area contributed by atoms with Crippen LogP contribution in [0.4, 0.5) is 4.79 Å². The highest BCUT2D eigenvalue weighted by Gasteiger charge is 2.43. The van der Waals surface area contributed by atoms with Gasteiger partial charge in [-0.1, -0.05) is 32.9 Å². The van der Waals surface area contributed by atoms with Gasteiger partial charge in [0, 0.05) is 38.8 Å². The molecule has 1 amide bonds. The van der Waals surface area contributed by atoms with Crippen molar-refractivity contribution in [1.82, 2.24) is 19.4 Å². The smallest absolute Gasteiger partial charge is 0.407 e. The zero-order valence-electron chi connectivity index (χ0n) is 17.8. The molecule has 0 spiro atoms. The normalized spacial score (nSPS) is 25.9. The number of nitrogens with one attached hydrogen (secondary N) is 1. The predicted molar refractivity (Wildman–Crippen MR) is 113 cm³/mol. The average molecular weight is 401 g/mol. The summed E-state index contributed by atoms with van der Waals surface area (Å²) in [4.78, 5) is 30.5. The van der Waals surface area contributed by atoms with Gasteiger partial charge in [-0.05, 0) is 42.2 Å². The Labute approximate surface area is 171 Å². The molecule has 1 atom stereocenters. The summed E-state index contributed by atoms with van der Waals surface area (Å²) in [7, 11) is 1.82. The van der Waals surface area contributed by atoms with Crippen molar-refractivity contribution in [3.63, 3.8) is 0 Å². The molecule has 2 aromatic rings. The number of hydrogen-bond acceptors (Lipinski definition) is 3. The Balaban J connectivity index is 1.44. The Morgan fingerprint density at radius 3 is 2.62 bits per heavy atom. The first kappa shape index (κ1) is 20.0. The van der Waals surface area contributed by atoms with E-state index in [0.29, 0.717) is 25.0 Å². The Kier molecular flexibility index (Phi) is 4.97. The first-order chi connectivity index (χ1) is 13.6. The number of H-pyrrole nitrogens is 1. The molecule has 1 saturated carbocycles. The van der Waals surface area contributed by atoms with Gasteiger partial charge in [-0.3, -0.25) is 9.47 Å². The fraction of sp³-hybridized carbons (Fsp3) is 0.636. The summed E-state index contributed by atoms with van der Waals surface area (Å²) >= 11 is 0. The van der Waals surface area contributed by atoms with Gasteiger partial charge in [0.1, 0.15) is 0 Å². The average Bonchev–Trinajstić information content (AvgIpc) is 2.91. The number of aryl methyl sites for hydroxylation is 1. The number of amides is 1. The van der Waals surface area contributed by atoms with Crippen LogP contribution >= 0.6 is 0 Å². The van der Waals surface area contributed by atoms with Crippen molar-refractivity contribution in [1.29, 1.82) is 0 Å². The minimum Gasteiger partial charge on any atom is -0.465 e. The highest BCUT2D eigenvalue weighted by molar-refractivity contribution is 5.79. The van der Waals surface area contributed by atoms with Gasteiger partial charge in [0.15, 0.2) is 0 Å². The molecule has 1 aliphatic carbocycles. The van der Waals surface area contributed by atoms with E-state index in [0.717, 1.165) is 36.8 Å². The maximum Gasteiger partial charge on any atom is 0.407 e. The fourth-order valence-electron chi connectivity index (χ4n) is 5.18. The van der Waals surface area contributed by atoms with E-state index in [2.05, 4.69) is 36.7 Å². The summed E-state index contributed by atoms with van der Waals surface area (Å²) in [6, 6.07) is 6.87. The highest BCUT2D eigenvalue weighted by Crippen LogP contribution is 2.40. The molecular weight excluding hydrogens is 368 g/mol. The molecule has 0 radical (unpaired) electrons. The first-order valence-electron chi connectivity index (χ1n) is 10.6. The number of carboxylic acid groups (broad SMARTS) is 1. The maximum atomic E-state index is 12.0. The highest BCUT2D eigenvalue weighted by atomic mass is 16.4. The van der Waals surface area contributed by atoms with Crippen LogP contribution in [0.2, 0.25) is 0 Å². The van der Waals surface area contributed by atoms with E-state index in [-0.39, 0.29) is 17.1 Å². The number of imidazole rings is 1. The lowest BCUT2D eigenvalue weighted by molar-refractivity contribution is -0.0426. The SMILES string of the molecule is Cn1c(=O)[nH]c2cccc(C[C@H]3C[C@H](N4CCN(C(=O)O)CC4C(C)(C)C)C3)c21. The number of piperazine rings is 1. The molecule has 1 unspecified atom stereocenters. The Morgan fingerprint density at radius 2 is 1.97 bits per heavy atom. The topological polar surface area (TPSA) is 81.6 Å². The molecule has 7 heteroatoms. The zero-order chi connectivity index (χ0) is 20.9. The lowest BCUT2D eigenvalue weighted by Gasteiger charge is -2.53. The lowest BCUT2D eigenvalue weighted by atomic mass is 9.73. The molecular formula is C22H32N4O3.